The van der Waals surface area contributed by atoms with E-state index < -0.39 is 16.7 Å². The summed E-state index contributed by atoms with van der Waals surface area (Å²) in [5.41, 5.74) is 0. The van der Waals surface area contributed by atoms with E-state index in [0.717, 1.165) is 17.5 Å². The maximum atomic E-state index is 11.7. The maximum absolute atomic E-state index is 11.7. The summed E-state index contributed by atoms with van der Waals surface area (Å²) in [6, 6.07) is 0. The number of primary sulfonamides is 1. The highest BCUT2D eigenvalue weighted by Gasteiger charge is 2.11. The van der Waals surface area contributed by atoms with Crippen molar-refractivity contribution in [2.75, 3.05) is 18.5 Å². The summed E-state index contributed by atoms with van der Waals surface area (Å²) in [4.78, 5) is 3.70. The fraction of sp³-hybridized carbons (Fsp3) is 0.400. The average Bonchev–Trinajstić information content (AvgIpc) is 2.47. The molecule has 0 fully saturated rings. The summed E-state index contributed by atoms with van der Waals surface area (Å²) < 4.78 is 33.2. The van der Waals surface area contributed by atoms with Gasteiger partial charge in [0.15, 0.2) is 9.34 Å². The maximum Gasteiger partial charge on any atom is 0.249 e. The molecule has 0 aliphatic heterocycles. The summed E-state index contributed by atoms with van der Waals surface area (Å²) >= 11 is 0.878. The number of sulfonamides is 1. The Morgan fingerprint density at radius 1 is 1.69 bits per heavy atom. The fourth-order valence-electron chi connectivity index (χ4n) is 0.627. The lowest BCUT2D eigenvalue weighted by Crippen LogP contribution is -2.09. The van der Waals surface area contributed by atoms with Crippen LogP contribution in [-0.2, 0) is 10.0 Å². The molecule has 13 heavy (non-hydrogen) atoms. The third-order valence-electron chi connectivity index (χ3n) is 1.14. The van der Waals surface area contributed by atoms with Crippen LogP contribution in [0.4, 0.5) is 9.52 Å². The standard InChI is InChI=1S/C5H8FN3O2S2/c6-1-2-8-5-9-3-4(12-5)13(7,10)11/h3H,1-2H2,(H,8,9)(H2,7,10,11). The van der Waals surface area contributed by atoms with Gasteiger partial charge in [0.05, 0.1) is 6.20 Å². The van der Waals surface area contributed by atoms with Gasteiger partial charge in [0.1, 0.15) is 6.67 Å². The predicted molar refractivity (Wildman–Crippen MR) is 48.0 cm³/mol. The number of halogens is 1. The average molecular weight is 225 g/mol. The van der Waals surface area contributed by atoms with Crippen molar-refractivity contribution in [3.63, 3.8) is 0 Å². The van der Waals surface area contributed by atoms with E-state index in [9.17, 15) is 12.8 Å². The van der Waals surface area contributed by atoms with E-state index in [4.69, 9.17) is 5.14 Å². The highest BCUT2D eigenvalue weighted by atomic mass is 32.2. The number of anilines is 1. The van der Waals surface area contributed by atoms with E-state index >= 15 is 0 Å². The Morgan fingerprint density at radius 2 is 2.38 bits per heavy atom. The summed E-state index contributed by atoms with van der Waals surface area (Å²) in [7, 11) is -3.68. The number of rotatable bonds is 4. The Bertz CT molecular complexity index is 375. The van der Waals surface area contributed by atoms with Crippen LogP contribution in [0.15, 0.2) is 10.4 Å². The minimum Gasteiger partial charge on any atom is -0.359 e. The van der Waals surface area contributed by atoms with Gasteiger partial charge in [0.25, 0.3) is 0 Å². The lowest BCUT2D eigenvalue weighted by atomic mass is 10.7. The molecule has 8 heteroatoms. The summed E-state index contributed by atoms with van der Waals surface area (Å²) in [5, 5.41) is 7.79. The first-order chi connectivity index (χ1) is 6.04. The molecular weight excluding hydrogens is 217 g/mol. The second-order valence-electron chi connectivity index (χ2n) is 2.15. The molecule has 1 aromatic heterocycles. The van der Waals surface area contributed by atoms with Gasteiger partial charge < -0.3 is 5.32 Å². The molecule has 0 bridgehead atoms. The molecule has 0 spiro atoms. The van der Waals surface area contributed by atoms with Gasteiger partial charge in [0, 0.05) is 6.54 Å². The molecule has 0 unspecified atom stereocenters. The third-order valence-corrected chi connectivity index (χ3v) is 3.50. The van der Waals surface area contributed by atoms with Crippen LogP contribution >= 0.6 is 11.3 Å². The van der Waals surface area contributed by atoms with Gasteiger partial charge >= 0.3 is 0 Å². The van der Waals surface area contributed by atoms with E-state index in [-0.39, 0.29) is 10.8 Å². The SMILES string of the molecule is NS(=O)(=O)c1cnc(NCCF)s1. The van der Waals surface area contributed by atoms with Crippen molar-refractivity contribution in [1.29, 1.82) is 0 Å². The quantitative estimate of drug-likeness (QED) is 0.765. The van der Waals surface area contributed by atoms with Gasteiger partial charge in [-0.25, -0.2) is 22.9 Å². The molecule has 0 saturated carbocycles. The zero-order valence-corrected chi connectivity index (χ0v) is 8.16. The van der Waals surface area contributed by atoms with Crippen LogP contribution in [0.3, 0.4) is 0 Å². The van der Waals surface area contributed by atoms with Crippen LogP contribution in [0.1, 0.15) is 0 Å². The monoisotopic (exact) mass is 225 g/mol. The number of thiazole rings is 1. The van der Waals surface area contributed by atoms with Crippen molar-refractivity contribution in [2.24, 2.45) is 5.14 Å². The van der Waals surface area contributed by atoms with Crippen molar-refractivity contribution >= 4 is 26.5 Å². The first-order valence-corrected chi connectivity index (χ1v) is 5.69. The Balaban J connectivity index is 2.76. The van der Waals surface area contributed by atoms with Gasteiger partial charge in [-0.3, -0.25) is 0 Å². The molecule has 1 aromatic rings. The third kappa shape index (κ3) is 2.90. The highest BCUT2D eigenvalue weighted by Crippen LogP contribution is 2.20. The molecule has 74 valence electrons. The minimum absolute atomic E-state index is 0.0335. The fourth-order valence-corrected chi connectivity index (χ4v) is 2.10. The van der Waals surface area contributed by atoms with Crippen LogP contribution in [-0.4, -0.2) is 26.6 Å². The molecule has 1 heterocycles. The topological polar surface area (TPSA) is 85.1 Å². The summed E-state index contributed by atoms with van der Waals surface area (Å²) in [5.74, 6) is 0. The van der Waals surface area contributed by atoms with Crippen molar-refractivity contribution in [1.82, 2.24) is 4.98 Å². The highest BCUT2D eigenvalue weighted by molar-refractivity contribution is 7.91. The van der Waals surface area contributed by atoms with E-state index in [0.29, 0.717) is 5.13 Å². The molecule has 5 nitrogen and oxygen atoms in total. The molecule has 0 aliphatic carbocycles. The largest absolute Gasteiger partial charge is 0.359 e. The Hall–Kier alpha value is -0.730. The van der Waals surface area contributed by atoms with Crippen molar-refractivity contribution in [3.8, 4) is 0 Å². The molecule has 0 aliphatic rings. The normalized spacial score (nSPS) is 11.5. The number of alkyl halides is 1. The minimum atomic E-state index is -3.68. The van der Waals surface area contributed by atoms with Crippen LogP contribution in [0, 0.1) is 0 Å². The number of aromatic nitrogens is 1. The van der Waals surface area contributed by atoms with Gasteiger partial charge in [-0.2, -0.15) is 0 Å². The van der Waals surface area contributed by atoms with E-state index in [1.165, 1.54) is 0 Å². The van der Waals surface area contributed by atoms with Crippen LogP contribution in [0.5, 0.6) is 0 Å². The van der Waals surface area contributed by atoms with E-state index in [2.05, 4.69) is 10.3 Å². The Labute approximate surface area is 78.8 Å². The summed E-state index contributed by atoms with van der Waals surface area (Å²) in [6.45, 7) is -0.429. The number of hydrogen-bond acceptors (Lipinski definition) is 5. The molecule has 0 amide bonds. The number of nitrogens with two attached hydrogens (primary N) is 1. The molecule has 0 aromatic carbocycles. The van der Waals surface area contributed by atoms with Crippen molar-refractivity contribution in [3.05, 3.63) is 6.20 Å². The van der Waals surface area contributed by atoms with E-state index in [1.54, 1.807) is 0 Å². The summed E-state index contributed by atoms with van der Waals surface area (Å²) in [6.07, 6.45) is 1.14. The number of nitrogens with one attached hydrogen (secondary N) is 1. The first-order valence-electron chi connectivity index (χ1n) is 3.32. The van der Waals surface area contributed by atoms with Crippen molar-refractivity contribution in [2.45, 2.75) is 4.21 Å². The lowest BCUT2D eigenvalue weighted by Gasteiger charge is -1.94. The second kappa shape index (κ2) is 3.99. The van der Waals surface area contributed by atoms with Gasteiger partial charge in [-0.1, -0.05) is 11.3 Å². The predicted octanol–water partition coefficient (Wildman–Crippen LogP) is 0.172. The zero-order valence-electron chi connectivity index (χ0n) is 6.53. The molecular formula is C5H8FN3O2S2. The smallest absolute Gasteiger partial charge is 0.249 e. The first kappa shape index (κ1) is 10.4. The van der Waals surface area contributed by atoms with Crippen LogP contribution in [0.25, 0.3) is 0 Å². The van der Waals surface area contributed by atoms with Crippen molar-refractivity contribution < 1.29 is 12.8 Å². The number of hydrogen-bond donors (Lipinski definition) is 2. The van der Waals surface area contributed by atoms with E-state index in [1.807, 2.05) is 0 Å². The van der Waals surface area contributed by atoms with Gasteiger partial charge in [-0.05, 0) is 0 Å². The lowest BCUT2D eigenvalue weighted by molar-refractivity contribution is 0.512. The van der Waals surface area contributed by atoms with Gasteiger partial charge in [0.2, 0.25) is 10.0 Å². The van der Waals surface area contributed by atoms with Crippen LogP contribution in [0.2, 0.25) is 0 Å². The second-order valence-corrected chi connectivity index (χ2v) is 4.96. The zero-order chi connectivity index (χ0) is 9.90. The molecule has 0 saturated heterocycles. The number of nitrogens with zero attached hydrogens (tertiary/aromatic N) is 1. The van der Waals surface area contributed by atoms with Gasteiger partial charge in [-0.15, -0.1) is 0 Å². The molecule has 0 radical (unpaired) electrons. The van der Waals surface area contributed by atoms with Crippen LogP contribution < -0.4 is 10.5 Å². The molecule has 1 rings (SSSR count). The Kier molecular flexibility index (Phi) is 3.17. The molecule has 0 atom stereocenters. The molecule has 3 N–H and O–H groups in total. The Morgan fingerprint density at radius 3 is 2.85 bits per heavy atom.